The van der Waals surface area contributed by atoms with Crippen LogP contribution in [0, 0.1) is 5.41 Å². The Kier molecular flexibility index (Phi) is 3.24. The van der Waals surface area contributed by atoms with Crippen LogP contribution in [-0.4, -0.2) is 49.0 Å². The highest BCUT2D eigenvalue weighted by Crippen LogP contribution is 2.40. The number of rotatable bonds is 4. The summed E-state index contributed by atoms with van der Waals surface area (Å²) in [5.41, 5.74) is 0.833. The van der Waals surface area contributed by atoms with E-state index in [1.165, 1.54) is 6.33 Å². The maximum absolute atomic E-state index is 5.83. The van der Waals surface area contributed by atoms with Crippen molar-refractivity contribution < 1.29 is 4.74 Å². The second kappa shape index (κ2) is 5.59. The molecule has 1 N–H and O–H groups in total. The minimum absolute atomic E-state index is 0.148. The number of anilines is 1. The molecule has 1 fully saturated rings. The Balaban J connectivity index is 1.45. The number of hydrogen-bond acceptors (Lipinski definition) is 7. The highest BCUT2D eigenvalue weighted by atomic mass is 16.5. The van der Waals surface area contributed by atoms with Gasteiger partial charge in [0.1, 0.15) is 12.1 Å². The number of aromatic nitrogens is 6. The third-order valence-corrected chi connectivity index (χ3v) is 4.88. The maximum atomic E-state index is 5.83. The van der Waals surface area contributed by atoms with Crippen molar-refractivity contribution in [3.63, 3.8) is 0 Å². The van der Waals surface area contributed by atoms with Gasteiger partial charge >= 0.3 is 0 Å². The van der Waals surface area contributed by atoms with E-state index in [2.05, 4.69) is 42.5 Å². The number of nitrogens with zero attached hydrogens (tertiary/aromatic N) is 6. The van der Waals surface area contributed by atoms with Gasteiger partial charge in [-0.25, -0.2) is 19.9 Å². The van der Waals surface area contributed by atoms with Gasteiger partial charge in [0, 0.05) is 24.4 Å². The molecule has 3 aromatic heterocycles. The molecule has 0 saturated carbocycles. The third-order valence-electron chi connectivity index (χ3n) is 4.88. The summed E-state index contributed by atoms with van der Waals surface area (Å²) in [7, 11) is 0. The van der Waals surface area contributed by atoms with Crippen LogP contribution in [0.4, 0.5) is 5.82 Å². The fourth-order valence-electron chi connectivity index (χ4n) is 3.56. The molecule has 126 valence electrons. The zero-order valence-electron chi connectivity index (χ0n) is 13.5. The zero-order valence-corrected chi connectivity index (χ0v) is 13.5. The fourth-order valence-corrected chi connectivity index (χ4v) is 3.56. The average Bonchev–Trinajstić information content (AvgIpc) is 3.22. The zero-order chi connectivity index (χ0) is 16.7. The molecule has 0 radical (unpaired) electrons. The molecular weight excluding hydrogens is 318 g/mol. The Hall–Kier alpha value is -2.87. The lowest BCUT2D eigenvalue weighted by atomic mass is 9.79. The van der Waals surface area contributed by atoms with Gasteiger partial charge in [-0.3, -0.25) is 0 Å². The molecule has 8 nitrogen and oxygen atoms in total. The quantitative estimate of drug-likeness (QED) is 0.726. The molecule has 0 spiro atoms. The highest BCUT2D eigenvalue weighted by molar-refractivity contribution is 5.86. The summed E-state index contributed by atoms with van der Waals surface area (Å²) in [4.78, 5) is 17.2. The Labute approximate surface area is 144 Å². The maximum Gasteiger partial charge on any atom is 0.252 e. The standard InChI is InChI=1S/C17H17N7O/c1-3-12-7-17(4-1,10-25-12)9-20-14-13-8-23-24(15(13)22-11-21-14)16-18-5-2-6-19-16/h1-3,5-6,8,11-12H,4,7,9-10H2,(H,20,21,22). The second-order valence-electron chi connectivity index (χ2n) is 6.60. The predicted octanol–water partition coefficient (Wildman–Crippen LogP) is 1.75. The first-order valence-corrected chi connectivity index (χ1v) is 8.31. The van der Waals surface area contributed by atoms with Crippen molar-refractivity contribution in [2.24, 2.45) is 5.41 Å². The van der Waals surface area contributed by atoms with Crippen molar-refractivity contribution in [2.45, 2.75) is 18.9 Å². The van der Waals surface area contributed by atoms with E-state index < -0.39 is 0 Å². The SMILES string of the molecule is C1=CC2CC(CNc3ncnc4c3cnn4-c3ncccn3)(C1)CO2. The molecule has 3 aromatic rings. The van der Waals surface area contributed by atoms with Crippen LogP contribution in [-0.2, 0) is 4.74 Å². The van der Waals surface area contributed by atoms with Crippen LogP contribution >= 0.6 is 0 Å². The second-order valence-corrected chi connectivity index (χ2v) is 6.60. The number of nitrogens with one attached hydrogen (secondary N) is 1. The van der Waals surface area contributed by atoms with Crippen molar-refractivity contribution in [3.8, 4) is 5.95 Å². The first-order valence-electron chi connectivity index (χ1n) is 8.31. The molecule has 5 rings (SSSR count). The monoisotopic (exact) mass is 335 g/mol. The number of fused-ring (bicyclic) bond motifs is 3. The van der Waals surface area contributed by atoms with Gasteiger partial charge in [-0.1, -0.05) is 12.2 Å². The molecule has 8 heteroatoms. The van der Waals surface area contributed by atoms with E-state index in [1.54, 1.807) is 29.3 Å². The van der Waals surface area contributed by atoms with E-state index in [9.17, 15) is 0 Å². The summed E-state index contributed by atoms with van der Waals surface area (Å²) < 4.78 is 7.45. The molecule has 0 aromatic carbocycles. The van der Waals surface area contributed by atoms with Crippen molar-refractivity contribution in [3.05, 3.63) is 43.1 Å². The van der Waals surface area contributed by atoms with Crippen LogP contribution in [0.3, 0.4) is 0 Å². The molecule has 1 saturated heterocycles. The van der Waals surface area contributed by atoms with E-state index in [4.69, 9.17) is 4.74 Å². The molecule has 4 heterocycles. The van der Waals surface area contributed by atoms with E-state index >= 15 is 0 Å². The summed E-state index contributed by atoms with van der Waals surface area (Å²) in [6, 6.07) is 1.77. The third kappa shape index (κ3) is 2.45. The molecule has 1 aliphatic carbocycles. The first-order chi connectivity index (χ1) is 12.3. The minimum atomic E-state index is 0.148. The Morgan fingerprint density at radius 2 is 2.16 bits per heavy atom. The van der Waals surface area contributed by atoms with Gasteiger partial charge < -0.3 is 10.1 Å². The largest absolute Gasteiger partial charge is 0.373 e. The van der Waals surface area contributed by atoms with Crippen LogP contribution < -0.4 is 5.32 Å². The molecule has 2 aliphatic rings. The van der Waals surface area contributed by atoms with E-state index in [0.717, 1.165) is 37.2 Å². The van der Waals surface area contributed by atoms with E-state index in [-0.39, 0.29) is 11.5 Å². The first kappa shape index (κ1) is 14.5. The van der Waals surface area contributed by atoms with Crippen molar-refractivity contribution in [1.82, 2.24) is 29.7 Å². The lowest BCUT2D eigenvalue weighted by Gasteiger charge is -2.28. The average molecular weight is 335 g/mol. The minimum Gasteiger partial charge on any atom is -0.373 e. The number of allylic oxidation sites excluding steroid dienone is 1. The van der Waals surface area contributed by atoms with Gasteiger partial charge in [-0.15, -0.1) is 0 Å². The van der Waals surface area contributed by atoms with Gasteiger partial charge in [0.25, 0.3) is 5.95 Å². The molecule has 0 amide bonds. The molecule has 2 bridgehead atoms. The molecule has 2 unspecified atom stereocenters. The summed E-state index contributed by atoms with van der Waals surface area (Å²) in [5, 5.41) is 8.72. The van der Waals surface area contributed by atoms with Gasteiger partial charge in [-0.2, -0.15) is 9.78 Å². The lowest BCUT2D eigenvalue weighted by molar-refractivity contribution is 0.128. The fraction of sp³-hybridized carbons (Fsp3) is 0.353. The Morgan fingerprint density at radius 1 is 1.24 bits per heavy atom. The van der Waals surface area contributed by atoms with Crippen molar-refractivity contribution in [2.75, 3.05) is 18.5 Å². The van der Waals surface area contributed by atoms with Gasteiger partial charge in [0.15, 0.2) is 5.65 Å². The molecule has 25 heavy (non-hydrogen) atoms. The van der Waals surface area contributed by atoms with Gasteiger partial charge in [0.05, 0.1) is 24.3 Å². The van der Waals surface area contributed by atoms with Crippen LogP contribution in [0.5, 0.6) is 0 Å². The predicted molar refractivity (Wildman–Crippen MR) is 91.3 cm³/mol. The van der Waals surface area contributed by atoms with Crippen LogP contribution in [0.25, 0.3) is 17.0 Å². The van der Waals surface area contributed by atoms with Crippen LogP contribution in [0.15, 0.2) is 43.1 Å². The highest BCUT2D eigenvalue weighted by Gasteiger charge is 2.40. The Bertz CT molecular complexity index is 939. The van der Waals surface area contributed by atoms with Crippen LogP contribution in [0.2, 0.25) is 0 Å². The normalized spacial score (nSPS) is 24.7. The number of hydrogen-bond donors (Lipinski definition) is 1. The molecular formula is C17H17N7O. The lowest BCUT2D eigenvalue weighted by Crippen LogP contribution is -2.31. The summed E-state index contributed by atoms with van der Waals surface area (Å²) in [5.74, 6) is 1.27. The van der Waals surface area contributed by atoms with Gasteiger partial charge in [0.2, 0.25) is 0 Å². The Morgan fingerprint density at radius 3 is 3.08 bits per heavy atom. The van der Waals surface area contributed by atoms with Gasteiger partial charge in [-0.05, 0) is 18.9 Å². The molecule has 1 aliphatic heterocycles. The summed E-state index contributed by atoms with van der Waals surface area (Å²) in [6.07, 6.45) is 13.4. The summed E-state index contributed by atoms with van der Waals surface area (Å²) >= 11 is 0. The summed E-state index contributed by atoms with van der Waals surface area (Å²) in [6.45, 7) is 1.59. The van der Waals surface area contributed by atoms with Crippen molar-refractivity contribution >= 4 is 16.9 Å². The van der Waals surface area contributed by atoms with E-state index in [1.807, 2.05) is 0 Å². The number of ether oxygens (including phenoxy) is 1. The molecule has 2 atom stereocenters. The van der Waals surface area contributed by atoms with Crippen molar-refractivity contribution in [1.29, 1.82) is 0 Å². The van der Waals surface area contributed by atoms with E-state index in [0.29, 0.717) is 11.6 Å². The topological polar surface area (TPSA) is 90.6 Å². The smallest absolute Gasteiger partial charge is 0.252 e. The van der Waals surface area contributed by atoms with Crippen LogP contribution in [0.1, 0.15) is 12.8 Å².